The van der Waals surface area contributed by atoms with Crippen molar-refractivity contribution in [1.29, 1.82) is 0 Å². The molecule has 0 spiro atoms. The molecule has 0 unspecified atom stereocenters. The van der Waals surface area contributed by atoms with Gasteiger partial charge in [-0.1, -0.05) is 17.7 Å². The van der Waals surface area contributed by atoms with Gasteiger partial charge in [-0.3, -0.25) is 4.79 Å². The monoisotopic (exact) mass is 373 g/mol. The predicted octanol–water partition coefficient (Wildman–Crippen LogP) is 3.71. The highest BCUT2D eigenvalue weighted by molar-refractivity contribution is 6.30. The number of carbonyl (C=O) groups excluding carboxylic acids is 1. The van der Waals surface area contributed by atoms with Gasteiger partial charge in [-0.15, -0.1) is 0 Å². The zero-order valence-corrected chi connectivity index (χ0v) is 14.8. The van der Waals surface area contributed by atoms with Gasteiger partial charge >= 0.3 is 0 Å². The van der Waals surface area contributed by atoms with Gasteiger partial charge in [0.05, 0.1) is 18.0 Å². The van der Waals surface area contributed by atoms with E-state index in [4.69, 9.17) is 16.3 Å². The molecule has 7 heteroatoms. The molecule has 0 radical (unpaired) electrons. The number of carbonyl (C=O) groups is 1. The third kappa shape index (κ3) is 4.09. The molecular formula is C19H17ClFN3O2. The number of hydrogen-bond acceptors (Lipinski definition) is 3. The van der Waals surface area contributed by atoms with Crippen molar-refractivity contribution in [3.63, 3.8) is 0 Å². The van der Waals surface area contributed by atoms with Crippen molar-refractivity contribution >= 4 is 17.5 Å². The molecular weight excluding hydrogens is 357 g/mol. The minimum Gasteiger partial charge on any atom is -0.383 e. The van der Waals surface area contributed by atoms with Crippen molar-refractivity contribution in [3.05, 3.63) is 71.1 Å². The fourth-order valence-corrected chi connectivity index (χ4v) is 2.65. The van der Waals surface area contributed by atoms with E-state index < -0.39 is 0 Å². The van der Waals surface area contributed by atoms with Crippen LogP contribution in [0.4, 0.5) is 4.39 Å². The van der Waals surface area contributed by atoms with E-state index in [1.807, 2.05) is 0 Å². The molecule has 0 fully saturated rings. The second kappa shape index (κ2) is 8.12. The fourth-order valence-electron chi connectivity index (χ4n) is 2.47. The normalized spacial score (nSPS) is 10.7. The van der Waals surface area contributed by atoms with Gasteiger partial charge in [0.2, 0.25) is 0 Å². The Balaban J connectivity index is 2.02. The first kappa shape index (κ1) is 18.1. The molecule has 0 saturated heterocycles. The number of halogens is 2. The summed E-state index contributed by atoms with van der Waals surface area (Å²) in [6.45, 7) is 0.782. The van der Waals surface area contributed by atoms with Gasteiger partial charge in [0.1, 0.15) is 11.5 Å². The van der Waals surface area contributed by atoms with Crippen LogP contribution in [0.1, 0.15) is 10.5 Å². The average Bonchev–Trinajstić information content (AvgIpc) is 3.08. The number of nitrogens with one attached hydrogen (secondary N) is 1. The number of amides is 1. The second-order valence-corrected chi connectivity index (χ2v) is 6.00. The summed E-state index contributed by atoms with van der Waals surface area (Å²) in [5.41, 5.74) is 2.27. The number of nitrogens with zero attached hydrogens (tertiary/aromatic N) is 2. The van der Waals surface area contributed by atoms with Crippen LogP contribution in [0, 0.1) is 5.82 Å². The number of methoxy groups -OCH3 is 1. The van der Waals surface area contributed by atoms with Gasteiger partial charge in [0.15, 0.2) is 0 Å². The molecule has 0 aliphatic carbocycles. The first-order valence-electron chi connectivity index (χ1n) is 7.97. The molecule has 0 bridgehead atoms. The summed E-state index contributed by atoms with van der Waals surface area (Å²) in [6, 6.07) is 14.7. The van der Waals surface area contributed by atoms with E-state index in [9.17, 15) is 9.18 Å². The maximum Gasteiger partial charge on any atom is 0.270 e. The highest BCUT2D eigenvalue weighted by Crippen LogP contribution is 2.23. The number of aromatic nitrogens is 2. The summed E-state index contributed by atoms with van der Waals surface area (Å²) < 4.78 is 19.7. The standard InChI is InChI=1S/C19H17ClFN3O2/c1-26-10-9-22-19(25)18-12-17(13-5-7-15(21)8-6-13)23-24(18)16-4-2-3-14(20)11-16/h2-8,11-12H,9-10H2,1H3,(H,22,25). The van der Waals surface area contributed by atoms with Gasteiger partial charge in [0.25, 0.3) is 5.91 Å². The Kier molecular flexibility index (Phi) is 5.65. The van der Waals surface area contributed by atoms with E-state index in [0.29, 0.717) is 40.8 Å². The highest BCUT2D eigenvalue weighted by atomic mass is 35.5. The molecule has 1 amide bonds. The summed E-state index contributed by atoms with van der Waals surface area (Å²) in [5.74, 6) is -0.622. The van der Waals surface area contributed by atoms with Crippen LogP contribution in [0.25, 0.3) is 16.9 Å². The maximum absolute atomic E-state index is 13.2. The Bertz CT molecular complexity index is 909. The summed E-state index contributed by atoms with van der Waals surface area (Å²) in [4.78, 5) is 12.6. The minimum absolute atomic E-state index is 0.289. The smallest absolute Gasteiger partial charge is 0.270 e. The van der Waals surface area contributed by atoms with Gasteiger partial charge in [0, 0.05) is 24.2 Å². The lowest BCUT2D eigenvalue weighted by Gasteiger charge is -2.08. The molecule has 134 valence electrons. The van der Waals surface area contributed by atoms with Crippen molar-refractivity contribution in [2.24, 2.45) is 0 Å². The lowest BCUT2D eigenvalue weighted by molar-refractivity contribution is 0.0929. The van der Waals surface area contributed by atoms with E-state index in [0.717, 1.165) is 0 Å². The van der Waals surface area contributed by atoms with Gasteiger partial charge in [-0.2, -0.15) is 5.10 Å². The molecule has 0 atom stereocenters. The van der Waals surface area contributed by atoms with Crippen LogP contribution in [0.2, 0.25) is 5.02 Å². The molecule has 2 aromatic carbocycles. The van der Waals surface area contributed by atoms with Crippen LogP contribution >= 0.6 is 11.6 Å². The molecule has 1 aromatic heterocycles. The first-order valence-corrected chi connectivity index (χ1v) is 8.35. The van der Waals surface area contributed by atoms with Crippen molar-refractivity contribution in [2.45, 2.75) is 0 Å². The fraction of sp³-hybridized carbons (Fsp3) is 0.158. The van der Waals surface area contributed by atoms with Crippen LogP contribution in [-0.2, 0) is 4.74 Å². The molecule has 0 aliphatic rings. The molecule has 1 N–H and O–H groups in total. The first-order chi connectivity index (χ1) is 12.6. The predicted molar refractivity (Wildman–Crippen MR) is 98.2 cm³/mol. The largest absolute Gasteiger partial charge is 0.383 e. The lowest BCUT2D eigenvalue weighted by Crippen LogP contribution is -2.28. The maximum atomic E-state index is 13.2. The van der Waals surface area contributed by atoms with Gasteiger partial charge in [-0.05, 0) is 48.5 Å². The Labute approximate surface area is 155 Å². The molecule has 3 rings (SSSR count). The molecule has 3 aromatic rings. The number of benzene rings is 2. The van der Waals surface area contributed by atoms with Gasteiger partial charge < -0.3 is 10.1 Å². The van der Waals surface area contributed by atoms with Gasteiger partial charge in [-0.25, -0.2) is 9.07 Å². The van der Waals surface area contributed by atoms with Crippen molar-refractivity contribution in [2.75, 3.05) is 20.3 Å². The van der Waals surface area contributed by atoms with E-state index in [1.54, 1.807) is 49.6 Å². The molecule has 5 nitrogen and oxygen atoms in total. The number of ether oxygens (including phenoxy) is 1. The van der Waals surface area contributed by atoms with Crippen molar-refractivity contribution in [3.8, 4) is 16.9 Å². The third-order valence-electron chi connectivity index (χ3n) is 3.73. The second-order valence-electron chi connectivity index (χ2n) is 5.56. The zero-order chi connectivity index (χ0) is 18.5. The third-order valence-corrected chi connectivity index (χ3v) is 3.96. The quantitative estimate of drug-likeness (QED) is 0.670. The topological polar surface area (TPSA) is 56.1 Å². The van der Waals surface area contributed by atoms with Crippen LogP contribution in [0.15, 0.2) is 54.6 Å². The summed E-state index contributed by atoms with van der Waals surface area (Å²) in [7, 11) is 1.56. The average molecular weight is 374 g/mol. The zero-order valence-electron chi connectivity index (χ0n) is 14.1. The minimum atomic E-state index is -0.333. The molecule has 26 heavy (non-hydrogen) atoms. The molecule has 1 heterocycles. The van der Waals surface area contributed by atoms with Crippen LogP contribution in [0.3, 0.4) is 0 Å². The van der Waals surface area contributed by atoms with E-state index in [2.05, 4.69) is 10.4 Å². The Morgan fingerprint density at radius 2 is 2.00 bits per heavy atom. The van der Waals surface area contributed by atoms with E-state index in [-0.39, 0.29) is 11.7 Å². The summed E-state index contributed by atoms with van der Waals surface area (Å²) in [6.07, 6.45) is 0. The number of hydrogen-bond donors (Lipinski definition) is 1. The number of rotatable bonds is 6. The lowest BCUT2D eigenvalue weighted by atomic mass is 10.1. The van der Waals surface area contributed by atoms with Crippen molar-refractivity contribution < 1.29 is 13.9 Å². The molecule has 0 aliphatic heterocycles. The Morgan fingerprint density at radius 3 is 2.69 bits per heavy atom. The highest BCUT2D eigenvalue weighted by Gasteiger charge is 2.17. The van der Waals surface area contributed by atoms with Crippen LogP contribution < -0.4 is 5.32 Å². The van der Waals surface area contributed by atoms with E-state index in [1.165, 1.54) is 16.8 Å². The Morgan fingerprint density at radius 1 is 1.23 bits per heavy atom. The van der Waals surface area contributed by atoms with Crippen LogP contribution in [0.5, 0.6) is 0 Å². The van der Waals surface area contributed by atoms with Crippen molar-refractivity contribution in [1.82, 2.24) is 15.1 Å². The van der Waals surface area contributed by atoms with Crippen LogP contribution in [-0.4, -0.2) is 35.9 Å². The SMILES string of the molecule is COCCNC(=O)c1cc(-c2ccc(F)cc2)nn1-c1cccc(Cl)c1. The summed E-state index contributed by atoms with van der Waals surface area (Å²) in [5, 5.41) is 7.83. The Hall–Kier alpha value is -2.70. The van der Waals surface area contributed by atoms with E-state index >= 15 is 0 Å². The molecule has 0 saturated carbocycles. The summed E-state index contributed by atoms with van der Waals surface area (Å²) >= 11 is 6.07.